The number of hydrogen-bond donors (Lipinski definition) is 2. The summed E-state index contributed by atoms with van der Waals surface area (Å²) in [5.74, 6) is 0.866. The van der Waals surface area contributed by atoms with E-state index in [1.54, 1.807) is 11.3 Å². The normalized spacial score (nSPS) is 12.6. The summed E-state index contributed by atoms with van der Waals surface area (Å²) in [6, 6.07) is 2.40. The molecule has 0 bridgehead atoms. The van der Waals surface area contributed by atoms with Gasteiger partial charge in [-0.3, -0.25) is 4.68 Å². The van der Waals surface area contributed by atoms with Crippen LogP contribution in [0.1, 0.15) is 36.4 Å². The van der Waals surface area contributed by atoms with Gasteiger partial charge in [-0.1, -0.05) is 0 Å². The molecule has 2 aromatic rings. The molecular weight excluding hydrogens is 433 g/mol. The van der Waals surface area contributed by atoms with E-state index in [9.17, 15) is 0 Å². The molecule has 2 aromatic heterocycles. The number of aryl methyl sites for hydroxylation is 2. The summed E-state index contributed by atoms with van der Waals surface area (Å²) >= 11 is 1.71. The van der Waals surface area contributed by atoms with E-state index in [4.69, 9.17) is 0 Å². The third kappa shape index (κ3) is 5.77. The lowest BCUT2D eigenvalue weighted by Crippen LogP contribution is -2.43. The van der Waals surface area contributed by atoms with Crippen molar-refractivity contribution in [1.82, 2.24) is 20.4 Å². The van der Waals surface area contributed by atoms with E-state index < -0.39 is 0 Å². The Balaban J connectivity index is 0.00000288. The molecule has 0 radical (unpaired) electrons. The second kappa shape index (κ2) is 10.0. The molecule has 5 nitrogen and oxygen atoms in total. The van der Waals surface area contributed by atoms with Crippen molar-refractivity contribution in [2.24, 2.45) is 12.0 Å². The maximum absolute atomic E-state index is 4.67. The topological polar surface area (TPSA) is 54.2 Å². The van der Waals surface area contributed by atoms with Crippen LogP contribution >= 0.6 is 35.3 Å². The van der Waals surface area contributed by atoms with Crippen LogP contribution in [0.3, 0.4) is 0 Å². The molecule has 0 amide bonds. The molecule has 24 heavy (non-hydrogen) atoms. The van der Waals surface area contributed by atoms with Crippen molar-refractivity contribution < 1.29 is 0 Å². The molecule has 1 atom stereocenters. The predicted molar refractivity (Wildman–Crippen MR) is 114 cm³/mol. The Morgan fingerprint density at radius 3 is 2.71 bits per heavy atom. The van der Waals surface area contributed by atoms with Gasteiger partial charge in [0.1, 0.15) is 0 Å². The molecule has 2 rings (SSSR count). The average molecular weight is 461 g/mol. The minimum absolute atomic E-state index is 0. The van der Waals surface area contributed by atoms with Crippen LogP contribution in [0.2, 0.25) is 0 Å². The first kappa shape index (κ1) is 21.0. The summed E-state index contributed by atoms with van der Waals surface area (Å²) in [6.45, 7) is 10.0. The molecule has 0 aromatic carbocycles. The highest BCUT2D eigenvalue weighted by Crippen LogP contribution is 2.14. The van der Waals surface area contributed by atoms with Crippen molar-refractivity contribution in [3.05, 3.63) is 39.3 Å². The van der Waals surface area contributed by atoms with Gasteiger partial charge in [0.05, 0.1) is 12.2 Å². The Hall–Kier alpha value is -1.09. The number of nitrogens with one attached hydrogen (secondary N) is 2. The SMILES string of the molecule is CCNC(=NCc1ccsc1)NC(C)Cc1c(C)nn(C)c1C.I. The van der Waals surface area contributed by atoms with Crippen LogP contribution in [0.4, 0.5) is 0 Å². The fourth-order valence-electron chi connectivity index (χ4n) is 2.58. The lowest BCUT2D eigenvalue weighted by molar-refractivity contribution is 0.636. The van der Waals surface area contributed by atoms with Crippen LogP contribution in [0, 0.1) is 13.8 Å². The molecule has 7 heteroatoms. The first-order chi connectivity index (χ1) is 11.0. The van der Waals surface area contributed by atoms with Gasteiger partial charge in [-0.25, -0.2) is 4.99 Å². The Bertz CT molecular complexity index is 648. The zero-order chi connectivity index (χ0) is 16.8. The van der Waals surface area contributed by atoms with Crippen molar-refractivity contribution in [1.29, 1.82) is 0 Å². The highest BCUT2D eigenvalue weighted by Gasteiger charge is 2.13. The van der Waals surface area contributed by atoms with Crippen LogP contribution in [0.15, 0.2) is 21.8 Å². The van der Waals surface area contributed by atoms with Gasteiger partial charge in [0.25, 0.3) is 0 Å². The van der Waals surface area contributed by atoms with E-state index in [1.165, 1.54) is 16.8 Å². The number of guanidine groups is 1. The number of hydrogen-bond acceptors (Lipinski definition) is 3. The quantitative estimate of drug-likeness (QED) is 0.394. The summed E-state index contributed by atoms with van der Waals surface area (Å²) in [5, 5.41) is 15.5. The van der Waals surface area contributed by atoms with Gasteiger partial charge in [-0.05, 0) is 62.1 Å². The Morgan fingerprint density at radius 1 is 1.42 bits per heavy atom. The van der Waals surface area contributed by atoms with Gasteiger partial charge >= 0.3 is 0 Å². The van der Waals surface area contributed by atoms with Crippen molar-refractivity contribution in [2.45, 2.75) is 46.7 Å². The summed E-state index contributed by atoms with van der Waals surface area (Å²) in [7, 11) is 2.00. The maximum Gasteiger partial charge on any atom is 0.191 e. The molecule has 2 heterocycles. The molecule has 0 fully saturated rings. The second-order valence-electron chi connectivity index (χ2n) is 5.85. The fraction of sp³-hybridized carbons (Fsp3) is 0.529. The predicted octanol–water partition coefficient (Wildman–Crippen LogP) is 3.40. The molecule has 0 saturated heterocycles. The minimum atomic E-state index is 0. The van der Waals surface area contributed by atoms with Crippen molar-refractivity contribution >= 4 is 41.3 Å². The van der Waals surface area contributed by atoms with E-state index in [2.05, 4.69) is 65.2 Å². The fourth-order valence-corrected chi connectivity index (χ4v) is 3.24. The summed E-state index contributed by atoms with van der Waals surface area (Å²) in [5.41, 5.74) is 4.91. The van der Waals surface area contributed by atoms with Crippen molar-refractivity contribution in [3.8, 4) is 0 Å². The molecule has 0 aliphatic carbocycles. The minimum Gasteiger partial charge on any atom is -0.357 e. The number of rotatable bonds is 6. The standard InChI is InChI=1S/C17H27N5S.HI/c1-6-18-17(19-10-15-7-8-23-11-15)20-12(2)9-16-13(3)21-22(5)14(16)4;/h7-8,11-12H,6,9-10H2,1-5H3,(H2,18,19,20);1H. The molecule has 2 N–H and O–H groups in total. The smallest absolute Gasteiger partial charge is 0.191 e. The van der Waals surface area contributed by atoms with Gasteiger partial charge < -0.3 is 10.6 Å². The van der Waals surface area contributed by atoms with Crippen LogP contribution in [-0.2, 0) is 20.0 Å². The Labute approximate surface area is 166 Å². The van der Waals surface area contributed by atoms with Gasteiger partial charge in [0.2, 0.25) is 0 Å². The molecule has 0 aliphatic heterocycles. The summed E-state index contributed by atoms with van der Waals surface area (Å²) in [4.78, 5) is 4.67. The van der Waals surface area contributed by atoms with Crippen LogP contribution in [0.5, 0.6) is 0 Å². The number of aliphatic imine (C=N–C) groups is 1. The number of nitrogens with zero attached hydrogens (tertiary/aromatic N) is 3. The second-order valence-corrected chi connectivity index (χ2v) is 6.63. The third-order valence-corrected chi connectivity index (χ3v) is 4.63. The van der Waals surface area contributed by atoms with E-state index >= 15 is 0 Å². The van der Waals surface area contributed by atoms with E-state index in [-0.39, 0.29) is 30.0 Å². The Morgan fingerprint density at radius 2 is 2.17 bits per heavy atom. The van der Waals surface area contributed by atoms with Crippen LogP contribution in [-0.4, -0.2) is 28.3 Å². The van der Waals surface area contributed by atoms with Crippen molar-refractivity contribution in [2.75, 3.05) is 6.54 Å². The van der Waals surface area contributed by atoms with E-state index in [0.717, 1.165) is 24.6 Å². The third-order valence-electron chi connectivity index (χ3n) is 3.90. The largest absolute Gasteiger partial charge is 0.357 e. The molecular formula is C17H28IN5S. The van der Waals surface area contributed by atoms with Gasteiger partial charge in [-0.2, -0.15) is 16.4 Å². The Kier molecular flexibility index (Phi) is 8.75. The lowest BCUT2D eigenvalue weighted by atomic mass is 10.1. The highest BCUT2D eigenvalue weighted by atomic mass is 127. The zero-order valence-electron chi connectivity index (χ0n) is 15.1. The molecule has 1 unspecified atom stereocenters. The first-order valence-electron chi connectivity index (χ1n) is 8.06. The van der Waals surface area contributed by atoms with Gasteiger partial charge in [-0.15, -0.1) is 24.0 Å². The molecule has 0 aliphatic rings. The van der Waals surface area contributed by atoms with Gasteiger partial charge in [0.15, 0.2) is 5.96 Å². The van der Waals surface area contributed by atoms with Crippen molar-refractivity contribution in [3.63, 3.8) is 0 Å². The number of thiophene rings is 1. The molecule has 0 spiro atoms. The molecule has 0 saturated carbocycles. The summed E-state index contributed by atoms with van der Waals surface area (Å²) in [6.07, 6.45) is 0.939. The van der Waals surface area contributed by atoms with E-state index in [1.807, 2.05) is 11.7 Å². The number of halogens is 1. The van der Waals surface area contributed by atoms with Crippen LogP contribution in [0.25, 0.3) is 0 Å². The van der Waals surface area contributed by atoms with E-state index in [0.29, 0.717) is 6.54 Å². The summed E-state index contributed by atoms with van der Waals surface area (Å²) < 4.78 is 1.95. The van der Waals surface area contributed by atoms with Gasteiger partial charge in [0, 0.05) is 25.3 Å². The maximum atomic E-state index is 4.67. The number of aromatic nitrogens is 2. The first-order valence-corrected chi connectivity index (χ1v) is 9.00. The zero-order valence-corrected chi connectivity index (χ0v) is 18.2. The monoisotopic (exact) mass is 461 g/mol. The average Bonchev–Trinajstić information content (AvgIpc) is 3.10. The lowest BCUT2D eigenvalue weighted by Gasteiger charge is -2.18. The molecule has 134 valence electrons. The highest BCUT2D eigenvalue weighted by molar-refractivity contribution is 14.0. The van der Waals surface area contributed by atoms with Crippen LogP contribution < -0.4 is 10.6 Å².